The van der Waals surface area contributed by atoms with Crippen LogP contribution in [0.3, 0.4) is 0 Å². The molecule has 0 atom stereocenters. The van der Waals surface area contributed by atoms with Crippen molar-refractivity contribution in [2.75, 3.05) is 26.4 Å². The molecule has 0 aliphatic carbocycles. The smallest absolute Gasteiger partial charge is 0.125 e. The van der Waals surface area contributed by atoms with Crippen LogP contribution < -0.4 is 9.47 Å². The molecule has 0 amide bonds. The van der Waals surface area contributed by atoms with E-state index >= 15 is 0 Å². The molecule has 0 aliphatic heterocycles. The maximum atomic E-state index is 6.07. The van der Waals surface area contributed by atoms with Gasteiger partial charge in [0.25, 0.3) is 0 Å². The fourth-order valence-electron chi connectivity index (χ4n) is 2.40. The highest BCUT2D eigenvalue weighted by Gasteiger charge is 2.11. The molecule has 1 aromatic rings. The van der Waals surface area contributed by atoms with E-state index in [0.717, 1.165) is 48.3 Å². The molecule has 0 N–H and O–H groups in total. The molecule has 152 valence electrons. The van der Waals surface area contributed by atoms with E-state index in [0.29, 0.717) is 26.4 Å². The lowest BCUT2D eigenvalue weighted by Gasteiger charge is -2.17. The third kappa shape index (κ3) is 10.5. The van der Waals surface area contributed by atoms with Crippen LogP contribution in [0.2, 0.25) is 0 Å². The van der Waals surface area contributed by atoms with Crippen LogP contribution in [-0.2, 0) is 17.6 Å². The Morgan fingerprint density at radius 3 is 1.93 bits per heavy atom. The number of ether oxygens (including phenoxy) is 3. The van der Waals surface area contributed by atoms with Crippen molar-refractivity contribution in [1.82, 2.24) is 0 Å². The molecule has 1 aromatic carbocycles. The molecule has 0 aromatic heterocycles. The first kappa shape index (κ1) is 24.5. The molecule has 0 heterocycles. The molecular weight excluding hydrogens is 430 g/mol. The van der Waals surface area contributed by atoms with E-state index in [4.69, 9.17) is 60.6 Å². The van der Waals surface area contributed by atoms with Crippen LogP contribution in [0.5, 0.6) is 11.5 Å². The van der Waals surface area contributed by atoms with E-state index < -0.39 is 0 Å². The van der Waals surface area contributed by atoms with Crippen molar-refractivity contribution in [3.05, 3.63) is 44.4 Å². The summed E-state index contributed by atoms with van der Waals surface area (Å²) in [4.78, 5) is 0. The topological polar surface area (TPSA) is 27.7 Å². The van der Waals surface area contributed by atoms with E-state index in [1.165, 1.54) is 0 Å². The highest BCUT2D eigenvalue weighted by Crippen LogP contribution is 2.31. The second kappa shape index (κ2) is 14.4. The second-order valence-corrected chi connectivity index (χ2v) is 7.72. The Morgan fingerprint density at radius 2 is 1.37 bits per heavy atom. The summed E-state index contributed by atoms with van der Waals surface area (Å²) in [6.45, 7) is 6.24. The number of halogens is 4. The van der Waals surface area contributed by atoms with E-state index in [2.05, 4.69) is 13.8 Å². The highest BCUT2D eigenvalue weighted by molar-refractivity contribution is 6.56. The quantitative estimate of drug-likeness (QED) is 0.299. The van der Waals surface area contributed by atoms with Gasteiger partial charge in [0.15, 0.2) is 0 Å². The SMILES string of the molecule is CCc1cc(OCC=C(Cl)Cl)cc(CC)c1OCCCCOCC=C(Cl)Cl. The summed E-state index contributed by atoms with van der Waals surface area (Å²) < 4.78 is 17.6. The van der Waals surface area contributed by atoms with Crippen LogP contribution in [0.1, 0.15) is 37.8 Å². The second-order valence-electron chi connectivity index (χ2n) is 5.71. The maximum Gasteiger partial charge on any atom is 0.125 e. The van der Waals surface area contributed by atoms with Crippen LogP contribution in [0.4, 0.5) is 0 Å². The van der Waals surface area contributed by atoms with Gasteiger partial charge in [-0.25, -0.2) is 0 Å². The van der Waals surface area contributed by atoms with Gasteiger partial charge in [0, 0.05) is 6.61 Å². The number of benzene rings is 1. The molecule has 0 saturated carbocycles. The maximum absolute atomic E-state index is 6.07. The van der Waals surface area contributed by atoms with Crippen molar-refractivity contribution >= 4 is 46.4 Å². The van der Waals surface area contributed by atoms with E-state index in [9.17, 15) is 0 Å². The van der Waals surface area contributed by atoms with Crippen LogP contribution in [0.25, 0.3) is 0 Å². The van der Waals surface area contributed by atoms with E-state index in [-0.39, 0.29) is 8.98 Å². The van der Waals surface area contributed by atoms with Gasteiger partial charge in [0.05, 0.1) is 13.2 Å². The molecule has 0 aliphatic rings. The number of unbranched alkanes of at least 4 members (excludes halogenated alkanes) is 1. The Kier molecular flexibility index (Phi) is 13.1. The third-order valence-corrected chi connectivity index (χ3v) is 4.37. The van der Waals surface area contributed by atoms with Gasteiger partial charge in [-0.15, -0.1) is 0 Å². The molecule has 0 fully saturated rings. The molecule has 0 unspecified atom stereocenters. The van der Waals surface area contributed by atoms with Crippen molar-refractivity contribution in [3.8, 4) is 11.5 Å². The Morgan fingerprint density at radius 1 is 0.815 bits per heavy atom. The lowest BCUT2D eigenvalue weighted by molar-refractivity contribution is 0.152. The summed E-state index contributed by atoms with van der Waals surface area (Å²) in [5, 5.41) is 0. The first-order valence-electron chi connectivity index (χ1n) is 8.99. The zero-order chi connectivity index (χ0) is 20.1. The van der Waals surface area contributed by atoms with E-state index in [1.807, 2.05) is 12.1 Å². The van der Waals surface area contributed by atoms with Crippen LogP contribution in [0.15, 0.2) is 33.3 Å². The van der Waals surface area contributed by atoms with Crippen molar-refractivity contribution in [2.24, 2.45) is 0 Å². The van der Waals surface area contributed by atoms with Crippen LogP contribution in [-0.4, -0.2) is 26.4 Å². The number of hydrogen-bond donors (Lipinski definition) is 0. The summed E-state index contributed by atoms with van der Waals surface area (Å²) in [6.07, 6.45) is 6.77. The minimum Gasteiger partial charge on any atom is -0.493 e. The lowest BCUT2D eigenvalue weighted by Crippen LogP contribution is -2.06. The van der Waals surface area contributed by atoms with Gasteiger partial charge in [-0.2, -0.15) is 0 Å². The summed E-state index contributed by atoms with van der Waals surface area (Å²) >= 11 is 22.3. The fraction of sp³-hybridized carbons (Fsp3) is 0.500. The van der Waals surface area contributed by atoms with E-state index in [1.54, 1.807) is 12.2 Å². The third-order valence-electron chi connectivity index (χ3n) is 3.75. The van der Waals surface area contributed by atoms with Gasteiger partial charge in [-0.1, -0.05) is 60.3 Å². The minimum absolute atomic E-state index is 0.201. The zero-order valence-corrected chi connectivity index (χ0v) is 18.7. The Bertz CT molecular complexity index is 597. The first-order chi connectivity index (χ1) is 13.0. The largest absolute Gasteiger partial charge is 0.493 e. The standard InChI is InChI=1S/C20H26Cl4O3/c1-3-15-13-17(26-12-8-19(23)24)14-16(4-2)20(15)27-10-6-5-9-25-11-7-18(21)22/h7-8,13-14H,3-6,9-12H2,1-2H3. The number of aryl methyl sites for hydroxylation is 2. The Balaban J connectivity index is 2.55. The van der Waals surface area contributed by atoms with Crippen LogP contribution >= 0.6 is 46.4 Å². The van der Waals surface area contributed by atoms with Crippen molar-refractivity contribution < 1.29 is 14.2 Å². The molecule has 1 rings (SSSR count). The lowest BCUT2D eigenvalue weighted by atomic mass is 10.0. The van der Waals surface area contributed by atoms with Gasteiger partial charge in [-0.3, -0.25) is 0 Å². The van der Waals surface area contributed by atoms with Crippen molar-refractivity contribution in [3.63, 3.8) is 0 Å². The summed E-state index contributed by atoms with van der Waals surface area (Å²) in [7, 11) is 0. The predicted molar refractivity (Wildman–Crippen MR) is 116 cm³/mol. The monoisotopic (exact) mass is 454 g/mol. The molecule has 0 bridgehead atoms. The summed E-state index contributed by atoms with van der Waals surface area (Å²) in [5.41, 5.74) is 2.26. The number of rotatable bonds is 13. The van der Waals surface area contributed by atoms with Crippen molar-refractivity contribution in [1.29, 1.82) is 0 Å². The zero-order valence-electron chi connectivity index (χ0n) is 15.7. The van der Waals surface area contributed by atoms with Gasteiger partial charge >= 0.3 is 0 Å². The molecule has 0 saturated heterocycles. The molecule has 0 radical (unpaired) electrons. The van der Waals surface area contributed by atoms with Gasteiger partial charge in [-0.05, 0) is 61.1 Å². The minimum atomic E-state index is 0.201. The summed E-state index contributed by atoms with van der Waals surface area (Å²) in [6, 6.07) is 4.02. The fourth-order valence-corrected chi connectivity index (χ4v) is 2.65. The molecule has 27 heavy (non-hydrogen) atoms. The van der Waals surface area contributed by atoms with Crippen molar-refractivity contribution in [2.45, 2.75) is 39.5 Å². The first-order valence-corrected chi connectivity index (χ1v) is 10.5. The van der Waals surface area contributed by atoms with Gasteiger partial charge in [0.1, 0.15) is 27.1 Å². The van der Waals surface area contributed by atoms with Gasteiger partial charge in [0.2, 0.25) is 0 Å². The molecular formula is C20H26Cl4O3. The van der Waals surface area contributed by atoms with Crippen LogP contribution in [0, 0.1) is 0 Å². The summed E-state index contributed by atoms with van der Waals surface area (Å²) in [5.74, 6) is 1.75. The Hall–Kier alpha value is -0.580. The molecule has 0 spiro atoms. The Labute approximate surface area is 182 Å². The average Bonchev–Trinajstić information content (AvgIpc) is 2.63. The number of hydrogen-bond acceptors (Lipinski definition) is 3. The average molecular weight is 456 g/mol. The predicted octanol–water partition coefficient (Wildman–Crippen LogP) is 7.00. The highest BCUT2D eigenvalue weighted by atomic mass is 35.5. The molecule has 7 heteroatoms. The normalized spacial score (nSPS) is 10.4. The van der Waals surface area contributed by atoms with Gasteiger partial charge < -0.3 is 14.2 Å². The molecule has 3 nitrogen and oxygen atoms in total.